The van der Waals surface area contributed by atoms with Crippen molar-refractivity contribution >= 4 is 6.09 Å². The van der Waals surface area contributed by atoms with Crippen molar-refractivity contribution in [2.24, 2.45) is 0 Å². The molecule has 3 N–H and O–H groups in total. The maximum absolute atomic E-state index is 11.6. The predicted molar refractivity (Wildman–Crippen MR) is 69.4 cm³/mol. The fourth-order valence-electron chi connectivity index (χ4n) is 2.19. The van der Waals surface area contributed by atoms with E-state index in [2.05, 4.69) is 5.32 Å². The van der Waals surface area contributed by atoms with Crippen LogP contribution in [0, 0.1) is 0 Å². The fraction of sp³-hybridized carbons (Fsp3) is 0.500. The Morgan fingerprint density at radius 2 is 1.95 bits per heavy atom. The van der Waals surface area contributed by atoms with Crippen LogP contribution in [0.1, 0.15) is 24.8 Å². The van der Waals surface area contributed by atoms with E-state index in [0.717, 1.165) is 5.56 Å². The van der Waals surface area contributed by atoms with E-state index < -0.39 is 18.3 Å². The summed E-state index contributed by atoms with van der Waals surface area (Å²) in [5, 5.41) is 21.6. The van der Waals surface area contributed by atoms with Gasteiger partial charge in [0.25, 0.3) is 0 Å². The van der Waals surface area contributed by atoms with E-state index in [1.165, 1.54) is 0 Å². The van der Waals surface area contributed by atoms with Gasteiger partial charge in [-0.1, -0.05) is 30.3 Å². The summed E-state index contributed by atoms with van der Waals surface area (Å²) >= 11 is 0. The molecule has 1 aliphatic carbocycles. The van der Waals surface area contributed by atoms with Crippen molar-refractivity contribution < 1.29 is 19.7 Å². The zero-order valence-corrected chi connectivity index (χ0v) is 10.7. The molecule has 3 atom stereocenters. The summed E-state index contributed by atoms with van der Waals surface area (Å²) < 4.78 is 5.10. The van der Waals surface area contributed by atoms with Gasteiger partial charge in [-0.05, 0) is 24.8 Å². The van der Waals surface area contributed by atoms with Gasteiger partial charge in [0.15, 0.2) is 0 Å². The molecule has 1 aliphatic rings. The zero-order valence-electron chi connectivity index (χ0n) is 10.7. The number of hydrogen-bond donors (Lipinski definition) is 3. The van der Waals surface area contributed by atoms with E-state index in [1.807, 2.05) is 30.3 Å². The third kappa shape index (κ3) is 4.22. The number of benzene rings is 1. The van der Waals surface area contributed by atoms with Crippen LogP contribution in [-0.4, -0.2) is 34.6 Å². The maximum atomic E-state index is 11.6. The molecule has 1 fully saturated rings. The molecule has 1 amide bonds. The Hall–Kier alpha value is -1.59. The molecule has 0 heterocycles. The molecule has 0 saturated heterocycles. The molecule has 19 heavy (non-hydrogen) atoms. The molecule has 5 nitrogen and oxygen atoms in total. The van der Waals surface area contributed by atoms with Gasteiger partial charge in [0.2, 0.25) is 0 Å². The first kappa shape index (κ1) is 13.8. The largest absolute Gasteiger partial charge is 0.445 e. The molecule has 0 bridgehead atoms. The lowest BCUT2D eigenvalue weighted by molar-refractivity contribution is -0.0181. The first-order valence-corrected chi connectivity index (χ1v) is 6.48. The summed E-state index contributed by atoms with van der Waals surface area (Å²) in [5.74, 6) is 0. The zero-order chi connectivity index (χ0) is 13.7. The van der Waals surface area contributed by atoms with Gasteiger partial charge in [-0.25, -0.2) is 4.79 Å². The van der Waals surface area contributed by atoms with Crippen LogP contribution < -0.4 is 5.32 Å². The van der Waals surface area contributed by atoms with Crippen LogP contribution in [0.5, 0.6) is 0 Å². The molecule has 1 aromatic rings. The van der Waals surface area contributed by atoms with Crippen molar-refractivity contribution in [3.8, 4) is 0 Å². The van der Waals surface area contributed by atoms with Crippen LogP contribution in [0.3, 0.4) is 0 Å². The number of ether oxygens (including phenoxy) is 1. The highest BCUT2D eigenvalue weighted by atomic mass is 16.5. The number of alkyl carbamates (subject to hydrolysis) is 1. The standard InChI is InChI=1S/C14H19NO4/c16-12-7-6-11(8-13(12)17)15-14(18)19-9-10-4-2-1-3-5-10/h1-5,11-13,16-17H,6-9H2,(H,15,18)/t11?,12-,13+/m1/s1. The van der Waals surface area contributed by atoms with Crippen molar-refractivity contribution in [2.75, 3.05) is 0 Å². The summed E-state index contributed by atoms with van der Waals surface area (Å²) in [6, 6.07) is 9.30. The molecule has 1 unspecified atom stereocenters. The van der Waals surface area contributed by atoms with Gasteiger partial charge >= 0.3 is 6.09 Å². The van der Waals surface area contributed by atoms with Gasteiger partial charge in [0.05, 0.1) is 12.2 Å². The number of carbonyl (C=O) groups excluding carboxylic acids is 1. The Kier molecular flexibility index (Phi) is 4.76. The molecular weight excluding hydrogens is 246 g/mol. The van der Waals surface area contributed by atoms with Crippen molar-refractivity contribution in [3.05, 3.63) is 35.9 Å². The monoisotopic (exact) mass is 265 g/mol. The third-order valence-electron chi connectivity index (χ3n) is 3.32. The second-order valence-electron chi connectivity index (χ2n) is 4.85. The lowest BCUT2D eigenvalue weighted by atomic mass is 9.91. The summed E-state index contributed by atoms with van der Waals surface area (Å²) in [7, 11) is 0. The molecule has 0 aromatic heterocycles. The molecule has 1 saturated carbocycles. The van der Waals surface area contributed by atoms with Gasteiger partial charge in [-0.2, -0.15) is 0 Å². The average molecular weight is 265 g/mol. The molecule has 0 radical (unpaired) electrons. The fourth-order valence-corrected chi connectivity index (χ4v) is 2.19. The topological polar surface area (TPSA) is 78.8 Å². The number of nitrogens with one attached hydrogen (secondary N) is 1. The molecular formula is C14H19NO4. The summed E-state index contributed by atoms with van der Waals surface area (Å²) in [4.78, 5) is 11.6. The highest BCUT2D eigenvalue weighted by Crippen LogP contribution is 2.19. The van der Waals surface area contributed by atoms with E-state index in [0.29, 0.717) is 19.3 Å². The van der Waals surface area contributed by atoms with Crippen molar-refractivity contribution in [1.82, 2.24) is 5.32 Å². The average Bonchev–Trinajstić information content (AvgIpc) is 2.42. The van der Waals surface area contributed by atoms with Gasteiger partial charge in [-0.15, -0.1) is 0 Å². The number of hydrogen-bond acceptors (Lipinski definition) is 4. The number of rotatable bonds is 3. The minimum atomic E-state index is -0.770. The number of aliphatic hydroxyl groups excluding tert-OH is 2. The highest BCUT2D eigenvalue weighted by molar-refractivity contribution is 5.67. The van der Waals surface area contributed by atoms with Crippen LogP contribution >= 0.6 is 0 Å². The van der Waals surface area contributed by atoms with Crippen LogP contribution in [0.4, 0.5) is 4.79 Å². The molecule has 0 aliphatic heterocycles. The number of aliphatic hydroxyl groups is 2. The Balaban J connectivity index is 1.73. The third-order valence-corrected chi connectivity index (χ3v) is 3.32. The van der Waals surface area contributed by atoms with E-state index in [9.17, 15) is 15.0 Å². The number of carbonyl (C=O) groups is 1. The first-order chi connectivity index (χ1) is 9.15. The Bertz CT molecular complexity index is 409. The van der Waals surface area contributed by atoms with Crippen molar-refractivity contribution in [2.45, 2.75) is 44.1 Å². The van der Waals surface area contributed by atoms with Gasteiger partial charge in [-0.3, -0.25) is 0 Å². The van der Waals surface area contributed by atoms with Crippen molar-refractivity contribution in [1.29, 1.82) is 0 Å². The molecule has 1 aromatic carbocycles. The minimum absolute atomic E-state index is 0.137. The highest BCUT2D eigenvalue weighted by Gasteiger charge is 2.28. The van der Waals surface area contributed by atoms with E-state index in [4.69, 9.17) is 4.74 Å². The van der Waals surface area contributed by atoms with Crippen LogP contribution in [0.25, 0.3) is 0 Å². The quantitative estimate of drug-likeness (QED) is 0.767. The molecule has 2 rings (SSSR count). The Morgan fingerprint density at radius 3 is 2.63 bits per heavy atom. The lowest BCUT2D eigenvalue weighted by Gasteiger charge is -2.30. The summed E-state index contributed by atoms with van der Waals surface area (Å²) in [6.07, 6.45) is -0.436. The minimum Gasteiger partial charge on any atom is -0.445 e. The van der Waals surface area contributed by atoms with Crippen LogP contribution in [-0.2, 0) is 11.3 Å². The lowest BCUT2D eigenvalue weighted by Crippen LogP contribution is -2.44. The SMILES string of the molecule is O=C(NC1CC[C@@H](O)[C@@H](O)C1)OCc1ccccc1. The maximum Gasteiger partial charge on any atom is 0.407 e. The van der Waals surface area contributed by atoms with Crippen LogP contribution in [0.2, 0.25) is 0 Å². The van der Waals surface area contributed by atoms with Crippen LogP contribution in [0.15, 0.2) is 30.3 Å². The van der Waals surface area contributed by atoms with E-state index in [1.54, 1.807) is 0 Å². The van der Waals surface area contributed by atoms with E-state index >= 15 is 0 Å². The molecule has 5 heteroatoms. The second kappa shape index (κ2) is 6.54. The van der Waals surface area contributed by atoms with Gasteiger partial charge in [0.1, 0.15) is 6.61 Å². The Morgan fingerprint density at radius 1 is 1.21 bits per heavy atom. The normalized spacial score (nSPS) is 26.7. The van der Waals surface area contributed by atoms with E-state index in [-0.39, 0.29) is 12.6 Å². The summed E-state index contributed by atoms with van der Waals surface area (Å²) in [5.41, 5.74) is 0.928. The van der Waals surface area contributed by atoms with Gasteiger partial charge < -0.3 is 20.3 Å². The first-order valence-electron chi connectivity index (χ1n) is 6.48. The second-order valence-corrected chi connectivity index (χ2v) is 4.85. The predicted octanol–water partition coefficient (Wildman–Crippen LogP) is 1.19. The molecule has 104 valence electrons. The van der Waals surface area contributed by atoms with Gasteiger partial charge in [0, 0.05) is 6.04 Å². The Labute approximate surface area is 112 Å². The van der Waals surface area contributed by atoms with Crippen molar-refractivity contribution in [3.63, 3.8) is 0 Å². The smallest absolute Gasteiger partial charge is 0.407 e. The molecule has 0 spiro atoms. The number of amides is 1. The summed E-state index contributed by atoms with van der Waals surface area (Å²) in [6.45, 7) is 0.227.